The Balaban J connectivity index is 2.26. The summed E-state index contributed by atoms with van der Waals surface area (Å²) in [7, 11) is -19.0. The molecular formula is C76H138N3O32P3-6. The molecule has 2 amide bonds. The fraction of sp³-hybridized carbons (Fsp3) is 0.934. The number of hydrogen-bond acceptors (Lipinski definition) is 32. The summed E-state index contributed by atoms with van der Waals surface area (Å²) in [4.78, 5) is 146. The van der Waals surface area contributed by atoms with Crippen LogP contribution >= 0.6 is 23.5 Å². The van der Waals surface area contributed by atoms with E-state index >= 15 is 0 Å². The maximum Gasteiger partial charge on any atom is 0.308 e. The van der Waals surface area contributed by atoms with Crippen LogP contribution in [-0.2, 0) is 84.4 Å². The van der Waals surface area contributed by atoms with Crippen LogP contribution in [0.15, 0.2) is 0 Å². The van der Waals surface area contributed by atoms with Crippen molar-refractivity contribution in [3.8, 4) is 0 Å². The van der Waals surface area contributed by atoms with E-state index in [-0.39, 0.29) is 25.7 Å². The predicted octanol–water partition coefficient (Wildman–Crippen LogP) is 2.78. The summed E-state index contributed by atoms with van der Waals surface area (Å²) in [6.45, 7) is 4.97. The number of nitrogens with one attached hydrogen (secondary N) is 2. The Morgan fingerprint density at radius 3 is 1.15 bits per heavy atom. The molecule has 3 aliphatic rings. The Morgan fingerprint density at radius 1 is 0.447 bits per heavy atom. The van der Waals surface area contributed by atoms with Crippen LogP contribution in [0.2, 0.25) is 0 Å². The molecule has 0 unspecified atom stereocenters. The lowest BCUT2D eigenvalue weighted by atomic mass is 9.92. The van der Waals surface area contributed by atoms with Crippen molar-refractivity contribution in [3.63, 3.8) is 0 Å². The molecule has 114 heavy (non-hydrogen) atoms. The molecule has 0 aromatic rings. The number of aliphatic hydroxyl groups is 7. The van der Waals surface area contributed by atoms with E-state index in [0.29, 0.717) is 51.4 Å². The number of phosphoric acid groups is 3. The van der Waals surface area contributed by atoms with Gasteiger partial charge in [0.2, 0.25) is 17.6 Å². The first-order valence-electron chi connectivity index (χ1n) is 42.2. The number of rotatable bonds is 67. The topological polar surface area (TPSA) is 584 Å². The lowest BCUT2D eigenvalue weighted by Gasteiger charge is -2.51. The number of ether oxygens (including phenoxy) is 7. The number of carboxylic acid groups (broad SMARTS) is 1. The molecule has 0 aromatic carbocycles. The first-order valence-corrected chi connectivity index (χ1v) is 46.6. The predicted molar refractivity (Wildman–Crippen MR) is 399 cm³/mol. The molecule has 12 N–H and O–H groups in total. The van der Waals surface area contributed by atoms with Gasteiger partial charge in [0.15, 0.2) is 24.8 Å². The van der Waals surface area contributed by atoms with Crippen molar-refractivity contribution in [1.29, 1.82) is 0 Å². The van der Waals surface area contributed by atoms with E-state index in [9.17, 15) is 108 Å². The minimum absolute atomic E-state index is 0.00150. The fourth-order valence-electron chi connectivity index (χ4n) is 14.5. The SMILES string of the molecule is CCCCCCCCCCC[C@@H](O)CC(=O)N[C@H]1[C@H](OC[C@H]2O[C@H](OP(=O)([O-])[O-])[C@H](NC(=O)C[C@H](O)CCCCCCCCCCC)[C@@H](OC(=O)C[C@H](O)CCCCCCCCCCC)[C@@H]2O)O[C@H](CO[C@]2(C(=O)[O-])C[C@@H](OP(=O)([O-])[O-])[C@@H](O)[C@@H]([C@H](O)C[NH3+])O2)[C@@H](OP(=O)([O-])[O-])[C@@H]1OC(=O)C[C@H](O)CCCCCCCCCCC. The molecule has 0 saturated carbocycles. The van der Waals surface area contributed by atoms with Crippen LogP contribution in [0.4, 0.5) is 0 Å². The molecule has 19 atom stereocenters. The Hall–Kier alpha value is -2.84. The summed E-state index contributed by atoms with van der Waals surface area (Å²) in [5.41, 5.74) is 3.46. The highest BCUT2D eigenvalue weighted by molar-refractivity contribution is 7.43. The highest BCUT2D eigenvalue weighted by atomic mass is 31.2. The normalized spacial score (nSPS) is 25.6. The molecule has 0 aromatic heterocycles. The molecule has 3 heterocycles. The average Bonchev–Trinajstić information content (AvgIpc) is 0.768. The Bertz CT molecular complexity index is 2780. The second-order valence-electron chi connectivity index (χ2n) is 31.1. The van der Waals surface area contributed by atoms with E-state index in [2.05, 4.69) is 48.6 Å². The second kappa shape index (κ2) is 58.2. The van der Waals surface area contributed by atoms with E-state index in [1.807, 2.05) is 0 Å². The van der Waals surface area contributed by atoms with Crippen molar-refractivity contribution in [1.82, 2.24) is 10.6 Å². The third-order valence-electron chi connectivity index (χ3n) is 20.9. The zero-order valence-corrected chi connectivity index (χ0v) is 70.4. The first-order chi connectivity index (χ1) is 54.1. The number of hydrogen-bond donors (Lipinski definition) is 10. The van der Waals surface area contributed by atoms with Crippen LogP contribution in [0.3, 0.4) is 0 Å². The Labute approximate surface area is 673 Å². The third-order valence-corrected chi connectivity index (χ3v) is 22.4. The van der Waals surface area contributed by atoms with Gasteiger partial charge in [-0.3, -0.25) is 19.2 Å². The molecular weight excluding hydrogens is 1560 g/mol. The van der Waals surface area contributed by atoms with E-state index in [4.69, 9.17) is 42.2 Å². The van der Waals surface area contributed by atoms with Gasteiger partial charge in [-0.05, 0) is 25.7 Å². The number of aliphatic carboxylic acids is 1. The van der Waals surface area contributed by atoms with Gasteiger partial charge in [-0.15, -0.1) is 0 Å². The molecule has 0 aliphatic carbocycles. The van der Waals surface area contributed by atoms with E-state index in [1.54, 1.807) is 0 Å². The fourth-order valence-corrected chi connectivity index (χ4v) is 16.1. The van der Waals surface area contributed by atoms with Crippen molar-refractivity contribution in [2.24, 2.45) is 0 Å². The quantitative estimate of drug-likeness (QED) is 0.0238. The van der Waals surface area contributed by atoms with Gasteiger partial charge < -0.3 is 152 Å². The highest BCUT2D eigenvalue weighted by Gasteiger charge is 2.57. The second-order valence-corrected chi connectivity index (χ2v) is 34.4. The zero-order valence-electron chi connectivity index (χ0n) is 67.7. The summed E-state index contributed by atoms with van der Waals surface area (Å²) < 4.78 is 93.6. The van der Waals surface area contributed by atoms with Crippen LogP contribution < -0.4 is 50.8 Å². The minimum Gasteiger partial charge on any atom is -0.790 e. The van der Waals surface area contributed by atoms with Crippen LogP contribution in [0.25, 0.3) is 0 Å². The van der Waals surface area contributed by atoms with Crippen molar-refractivity contribution < 1.29 is 160 Å². The van der Waals surface area contributed by atoms with Gasteiger partial charge in [-0.25, -0.2) is 0 Å². The van der Waals surface area contributed by atoms with Gasteiger partial charge in [0, 0.05) is 6.42 Å². The van der Waals surface area contributed by atoms with Crippen LogP contribution in [0.1, 0.15) is 317 Å². The van der Waals surface area contributed by atoms with E-state index < -0.39 is 221 Å². The summed E-state index contributed by atoms with van der Waals surface area (Å²) in [6, 6.07) is -4.41. The lowest BCUT2D eigenvalue weighted by Crippen LogP contribution is -2.70. The number of quaternary nitrogens is 1. The van der Waals surface area contributed by atoms with Crippen molar-refractivity contribution in [3.05, 3.63) is 0 Å². The first kappa shape index (κ1) is 105. The monoisotopic (exact) mass is 1700 g/mol. The van der Waals surface area contributed by atoms with Crippen LogP contribution in [-0.4, -0.2) is 201 Å². The van der Waals surface area contributed by atoms with Crippen LogP contribution in [0.5, 0.6) is 0 Å². The number of carboxylic acids is 1. The van der Waals surface area contributed by atoms with Gasteiger partial charge >= 0.3 is 11.9 Å². The lowest BCUT2D eigenvalue weighted by molar-refractivity contribution is -0.418. The van der Waals surface area contributed by atoms with Crippen LogP contribution in [0, 0.1) is 0 Å². The Kier molecular flexibility index (Phi) is 53.8. The molecule has 3 fully saturated rings. The molecule has 38 heteroatoms. The molecule has 0 spiro atoms. The molecule has 0 bridgehead atoms. The van der Waals surface area contributed by atoms with Gasteiger partial charge in [0.1, 0.15) is 67.3 Å². The smallest absolute Gasteiger partial charge is 0.308 e. The van der Waals surface area contributed by atoms with E-state index in [1.165, 1.54) is 0 Å². The standard InChI is InChI=1S/C76H144N3O32P3/c1-5-9-13-17-21-25-29-33-37-41-53(80)45-61(85)78-65-71(106-63(87)47-55(82)43-39-35-31-27-23-19-15-11-7-3)68(90)59(104-74(65)111-114(99,100)101)51-102-73-66(79-62(86)46-54(81)42-38-34-30-26-22-18-14-10-6-2)72(107-64(88)48-56(83)44-40-36-32-28-24-20-16-12-8-4)70(110-113(96,97)98)60(105-73)52-103-76(75(91)92)49-58(109-112(93,94)95)67(89)69(108-76)57(84)50-77/h53-60,65-74,80-84,89-90H,5-52,77H2,1-4H3,(H,78,85)(H,79,86)(H,91,92)(H2,93,94,95)(H2,96,97,98)(H2,99,100,101)/p-6/t53-,54-,55-,56-,57-,58-,59-,60-,65-,66-,67-,68-,69-,70-,71-,72-,73-,74-,76-/m1/s1. The maximum atomic E-state index is 14.5. The maximum absolute atomic E-state index is 14.5. The van der Waals surface area contributed by atoms with Crippen molar-refractivity contribution in [2.75, 3.05) is 19.8 Å². The average molecular weight is 1700 g/mol. The van der Waals surface area contributed by atoms with E-state index in [0.717, 1.165) is 180 Å². The highest BCUT2D eigenvalue weighted by Crippen LogP contribution is 2.43. The Morgan fingerprint density at radius 2 is 0.789 bits per heavy atom. The largest absolute Gasteiger partial charge is 0.790 e. The van der Waals surface area contributed by atoms with Gasteiger partial charge in [-0.2, -0.15) is 0 Å². The number of carbonyl (C=O) groups is 5. The number of phosphoric ester groups is 3. The van der Waals surface area contributed by atoms with Gasteiger partial charge in [0.05, 0.1) is 92.9 Å². The minimum atomic E-state index is -6.52. The number of unbranched alkanes of at least 4 members (excludes halogenated alkanes) is 32. The summed E-state index contributed by atoms with van der Waals surface area (Å²) in [5.74, 6) is -10.8. The number of amides is 2. The molecule has 3 saturated heterocycles. The molecule has 670 valence electrons. The van der Waals surface area contributed by atoms with Crippen molar-refractivity contribution in [2.45, 2.75) is 433 Å². The third kappa shape index (κ3) is 44.6. The number of esters is 2. The molecule has 35 nitrogen and oxygen atoms in total. The summed E-state index contributed by atoms with van der Waals surface area (Å²) >= 11 is 0. The molecule has 3 aliphatic heterocycles. The van der Waals surface area contributed by atoms with Gasteiger partial charge in [0.25, 0.3) is 0 Å². The van der Waals surface area contributed by atoms with Gasteiger partial charge in [-0.1, -0.05) is 259 Å². The number of aliphatic hydroxyl groups excluding tert-OH is 7. The zero-order chi connectivity index (χ0) is 84.7. The summed E-state index contributed by atoms with van der Waals surface area (Å²) in [6.07, 6.45) is -5.53. The number of carbonyl (C=O) groups excluding carboxylic acids is 5. The molecule has 0 radical (unpaired) electrons. The molecule has 3 rings (SSSR count). The summed E-state index contributed by atoms with van der Waals surface area (Å²) in [5, 5.41) is 97.6. The van der Waals surface area contributed by atoms with Crippen molar-refractivity contribution >= 4 is 53.2 Å².